The van der Waals surface area contributed by atoms with Gasteiger partial charge in [-0.25, -0.2) is 0 Å². The summed E-state index contributed by atoms with van der Waals surface area (Å²) >= 11 is 0. The number of allylic oxidation sites excluding steroid dienone is 2. The minimum absolute atomic E-state index is 0.352. The Kier molecular flexibility index (Phi) is 8.51. The lowest BCUT2D eigenvalue weighted by Gasteiger charge is -2.12. The molecule has 0 aromatic rings. The molecule has 0 aromatic heterocycles. The molecule has 1 atom stereocenters. The molecule has 0 amide bonds. The highest BCUT2D eigenvalue weighted by Gasteiger charge is 2.04. The van der Waals surface area contributed by atoms with Gasteiger partial charge in [-0.3, -0.25) is 0 Å². The van der Waals surface area contributed by atoms with Crippen LogP contribution in [0.2, 0.25) is 0 Å². The fourth-order valence-electron chi connectivity index (χ4n) is 2.53. The van der Waals surface area contributed by atoms with Gasteiger partial charge in [-0.1, -0.05) is 50.7 Å². The van der Waals surface area contributed by atoms with Crippen molar-refractivity contribution >= 4 is 0 Å². The van der Waals surface area contributed by atoms with Gasteiger partial charge in [0, 0.05) is 6.61 Å². The molecule has 0 aliphatic heterocycles. The molecule has 1 aliphatic rings. The van der Waals surface area contributed by atoms with Crippen LogP contribution < -0.4 is 0 Å². The van der Waals surface area contributed by atoms with Crippen LogP contribution in [0.4, 0.5) is 0 Å². The van der Waals surface area contributed by atoms with Crippen molar-refractivity contribution in [2.24, 2.45) is 5.92 Å². The van der Waals surface area contributed by atoms with E-state index in [1.54, 1.807) is 0 Å². The summed E-state index contributed by atoms with van der Waals surface area (Å²) < 4.78 is 0. The Morgan fingerprint density at radius 3 is 2.38 bits per heavy atom. The summed E-state index contributed by atoms with van der Waals surface area (Å²) in [6.45, 7) is 0.352. The van der Waals surface area contributed by atoms with Crippen molar-refractivity contribution in [2.45, 2.75) is 70.6 Å². The van der Waals surface area contributed by atoms with E-state index in [-0.39, 0.29) is 0 Å². The Morgan fingerprint density at radius 2 is 1.62 bits per heavy atom. The highest BCUT2D eigenvalue weighted by Crippen LogP contribution is 2.20. The van der Waals surface area contributed by atoms with E-state index >= 15 is 0 Å². The Morgan fingerprint density at radius 1 is 0.938 bits per heavy atom. The third-order valence-corrected chi connectivity index (χ3v) is 3.59. The van der Waals surface area contributed by atoms with Crippen LogP contribution in [0, 0.1) is 5.92 Å². The molecule has 0 bridgehead atoms. The number of hydrogen-bond acceptors (Lipinski definition) is 1. The number of aliphatic hydroxyl groups excluding tert-OH is 1. The first kappa shape index (κ1) is 13.8. The maximum absolute atomic E-state index is 8.88. The van der Waals surface area contributed by atoms with Crippen LogP contribution >= 0.6 is 0 Å². The molecule has 1 unspecified atom stereocenters. The Bertz CT molecular complexity index is 174. The van der Waals surface area contributed by atoms with Gasteiger partial charge in [0.2, 0.25) is 0 Å². The minimum atomic E-state index is 0.352. The SMILES string of the molecule is OCCCC1/C=C/CCCCCCCCC1. The van der Waals surface area contributed by atoms with Crippen molar-refractivity contribution in [2.75, 3.05) is 6.61 Å². The van der Waals surface area contributed by atoms with Crippen LogP contribution in [-0.2, 0) is 0 Å². The predicted molar refractivity (Wildman–Crippen MR) is 70.5 cm³/mol. The monoisotopic (exact) mass is 224 g/mol. The first-order valence-electron chi connectivity index (χ1n) is 7.21. The molecule has 1 nitrogen and oxygen atoms in total. The molecule has 1 heteroatoms. The summed E-state index contributed by atoms with van der Waals surface area (Å²) in [6.07, 6.45) is 19.4. The molecule has 0 spiro atoms. The van der Waals surface area contributed by atoms with Gasteiger partial charge in [0.25, 0.3) is 0 Å². The topological polar surface area (TPSA) is 20.2 Å². The average Bonchev–Trinajstić information content (AvgIpc) is 2.28. The zero-order chi connectivity index (χ0) is 11.5. The van der Waals surface area contributed by atoms with E-state index < -0.39 is 0 Å². The molecule has 94 valence electrons. The van der Waals surface area contributed by atoms with Crippen LogP contribution in [0.25, 0.3) is 0 Å². The van der Waals surface area contributed by atoms with Crippen molar-refractivity contribution < 1.29 is 5.11 Å². The molecular weight excluding hydrogens is 196 g/mol. The first-order chi connectivity index (χ1) is 7.93. The van der Waals surface area contributed by atoms with E-state index in [0.29, 0.717) is 6.61 Å². The lowest BCUT2D eigenvalue weighted by molar-refractivity contribution is 0.274. The molecule has 0 fully saturated rings. The largest absolute Gasteiger partial charge is 0.396 e. The molecule has 0 saturated carbocycles. The highest BCUT2D eigenvalue weighted by molar-refractivity contribution is 4.88. The van der Waals surface area contributed by atoms with Gasteiger partial charge < -0.3 is 5.11 Å². The third kappa shape index (κ3) is 7.05. The second-order valence-corrected chi connectivity index (χ2v) is 5.11. The third-order valence-electron chi connectivity index (χ3n) is 3.59. The van der Waals surface area contributed by atoms with E-state index in [4.69, 9.17) is 5.11 Å². The summed E-state index contributed by atoms with van der Waals surface area (Å²) in [5.41, 5.74) is 0. The van der Waals surface area contributed by atoms with Crippen molar-refractivity contribution in [1.29, 1.82) is 0 Å². The van der Waals surface area contributed by atoms with Gasteiger partial charge in [0.05, 0.1) is 0 Å². The standard InChI is InChI=1S/C15H28O/c16-14-10-13-15-11-8-6-4-2-1-3-5-7-9-12-15/h8,11,15-16H,1-7,9-10,12-14H2/b11-8+. The maximum Gasteiger partial charge on any atom is 0.0431 e. The molecule has 1 N–H and O–H groups in total. The van der Waals surface area contributed by atoms with Crippen molar-refractivity contribution in [3.8, 4) is 0 Å². The van der Waals surface area contributed by atoms with Crippen LogP contribution in [0.1, 0.15) is 70.6 Å². The molecule has 0 aromatic carbocycles. The van der Waals surface area contributed by atoms with E-state index in [9.17, 15) is 0 Å². The summed E-state index contributed by atoms with van der Waals surface area (Å²) in [6, 6.07) is 0. The fraction of sp³-hybridized carbons (Fsp3) is 0.867. The lowest BCUT2D eigenvalue weighted by Crippen LogP contribution is -1.99. The van der Waals surface area contributed by atoms with Crippen LogP contribution in [-0.4, -0.2) is 11.7 Å². The van der Waals surface area contributed by atoms with E-state index in [1.165, 1.54) is 64.2 Å². The highest BCUT2D eigenvalue weighted by atomic mass is 16.2. The zero-order valence-corrected chi connectivity index (χ0v) is 10.7. The van der Waals surface area contributed by atoms with Gasteiger partial charge in [0.1, 0.15) is 0 Å². The van der Waals surface area contributed by atoms with Gasteiger partial charge in [0.15, 0.2) is 0 Å². The molecule has 1 aliphatic carbocycles. The van der Waals surface area contributed by atoms with E-state index in [1.807, 2.05) is 0 Å². The van der Waals surface area contributed by atoms with Crippen molar-refractivity contribution in [1.82, 2.24) is 0 Å². The normalized spacial score (nSPS) is 26.7. The summed E-state index contributed by atoms with van der Waals surface area (Å²) in [5, 5.41) is 8.88. The van der Waals surface area contributed by atoms with E-state index in [0.717, 1.165) is 12.3 Å². The number of rotatable bonds is 3. The maximum atomic E-state index is 8.88. The second kappa shape index (κ2) is 9.89. The summed E-state index contributed by atoms with van der Waals surface area (Å²) in [4.78, 5) is 0. The van der Waals surface area contributed by atoms with Crippen LogP contribution in [0.15, 0.2) is 12.2 Å². The Hall–Kier alpha value is -0.300. The minimum Gasteiger partial charge on any atom is -0.396 e. The summed E-state index contributed by atoms with van der Waals surface area (Å²) in [5.74, 6) is 0.728. The van der Waals surface area contributed by atoms with Gasteiger partial charge >= 0.3 is 0 Å². The predicted octanol–water partition coefficient (Wildman–Crippen LogP) is 4.46. The van der Waals surface area contributed by atoms with Gasteiger partial charge in [-0.15, -0.1) is 0 Å². The molecular formula is C15H28O. The second-order valence-electron chi connectivity index (χ2n) is 5.11. The quantitative estimate of drug-likeness (QED) is 0.702. The Labute approximate surface area is 101 Å². The Balaban J connectivity index is 2.29. The average molecular weight is 224 g/mol. The number of hydrogen-bond donors (Lipinski definition) is 1. The van der Waals surface area contributed by atoms with Crippen molar-refractivity contribution in [3.05, 3.63) is 12.2 Å². The van der Waals surface area contributed by atoms with E-state index in [2.05, 4.69) is 12.2 Å². The van der Waals surface area contributed by atoms with Gasteiger partial charge in [-0.05, 0) is 38.0 Å². The smallest absolute Gasteiger partial charge is 0.0431 e. The summed E-state index contributed by atoms with van der Waals surface area (Å²) in [7, 11) is 0. The number of aliphatic hydroxyl groups is 1. The fourth-order valence-corrected chi connectivity index (χ4v) is 2.53. The molecule has 0 saturated heterocycles. The zero-order valence-electron chi connectivity index (χ0n) is 10.7. The lowest BCUT2D eigenvalue weighted by atomic mass is 9.94. The molecule has 1 rings (SSSR count). The first-order valence-corrected chi connectivity index (χ1v) is 7.21. The van der Waals surface area contributed by atoms with Crippen LogP contribution in [0.3, 0.4) is 0 Å². The molecule has 0 radical (unpaired) electrons. The molecule has 0 heterocycles. The van der Waals surface area contributed by atoms with Crippen LogP contribution in [0.5, 0.6) is 0 Å². The van der Waals surface area contributed by atoms with Crippen molar-refractivity contribution in [3.63, 3.8) is 0 Å². The molecule has 16 heavy (non-hydrogen) atoms. The van der Waals surface area contributed by atoms with Gasteiger partial charge in [-0.2, -0.15) is 0 Å².